The van der Waals surface area contributed by atoms with Crippen LogP contribution < -0.4 is 20.4 Å². The molecule has 10 nitrogen and oxygen atoms in total. The molecular weight excluding hydrogens is 504 g/mol. The lowest BCUT2D eigenvalue weighted by molar-refractivity contribution is -0.122. The van der Waals surface area contributed by atoms with Crippen molar-refractivity contribution in [2.45, 2.75) is 31.7 Å². The Hall–Kier alpha value is -3.28. The fraction of sp³-hybridized carbons (Fsp3) is 0.375. The van der Waals surface area contributed by atoms with Gasteiger partial charge in [0.1, 0.15) is 10.6 Å². The van der Waals surface area contributed by atoms with E-state index < -0.39 is 11.3 Å². The summed E-state index contributed by atoms with van der Waals surface area (Å²) in [5.41, 5.74) is 1.40. The van der Waals surface area contributed by atoms with Crippen molar-refractivity contribution < 1.29 is 14.7 Å². The van der Waals surface area contributed by atoms with Crippen molar-refractivity contribution in [1.82, 2.24) is 20.1 Å². The molecule has 0 atom stereocenters. The van der Waals surface area contributed by atoms with Crippen LogP contribution in [0.1, 0.15) is 41.3 Å². The number of halogens is 1. The molecule has 0 saturated carbocycles. The molecule has 0 radical (unpaired) electrons. The number of anilines is 2. The van der Waals surface area contributed by atoms with E-state index in [0.717, 1.165) is 22.5 Å². The van der Waals surface area contributed by atoms with E-state index in [1.807, 2.05) is 29.2 Å². The normalized spacial score (nSPS) is 14.4. The Morgan fingerprint density at radius 1 is 1.28 bits per heavy atom. The summed E-state index contributed by atoms with van der Waals surface area (Å²) in [5, 5.41) is 19.6. The third kappa shape index (κ3) is 4.73. The minimum atomic E-state index is -0.961. The van der Waals surface area contributed by atoms with E-state index in [2.05, 4.69) is 34.6 Å². The molecule has 3 heterocycles. The molecule has 0 aliphatic carbocycles. The fourth-order valence-electron chi connectivity index (χ4n) is 4.37. The minimum absolute atomic E-state index is 0.108. The van der Waals surface area contributed by atoms with Crippen LogP contribution in [-0.4, -0.2) is 58.4 Å². The Labute approximate surface area is 216 Å². The highest BCUT2D eigenvalue weighted by Gasteiger charge is 2.53. The van der Waals surface area contributed by atoms with Crippen LogP contribution in [0.5, 0.6) is 0 Å². The first-order valence-corrected chi connectivity index (χ1v) is 12.6. The molecule has 0 unspecified atom stereocenters. The summed E-state index contributed by atoms with van der Waals surface area (Å²) >= 11 is 6.97. The van der Waals surface area contributed by atoms with E-state index in [9.17, 15) is 19.5 Å². The molecule has 0 bridgehead atoms. The Balaban J connectivity index is 1.72. The van der Waals surface area contributed by atoms with E-state index >= 15 is 0 Å². The number of rotatable bonds is 8. The lowest BCUT2D eigenvalue weighted by Crippen LogP contribution is -2.65. The Morgan fingerprint density at radius 2 is 2.00 bits per heavy atom. The zero-order chi connectivity index (χ0) is 26.0. The second-order valence-corrected chi connectivity index (χ2v) is 10.2. The van der Waals surface area contributed by atoms with E-state index in [1.54, 1.807) is 0 Å². The summed E-state index contributed by atoms with van der Waals surface area (Å²) in [7, 11) is 1.49. The summed E-state index contributed by atoms with van der Waals surface area (Å²) in [5.74, 6) is -0.540. The summed E-state index contributed by atoms with van der Waals surface area (Å²) in [6.45, 7) is 4.61. The number of aliphatic hydroxyl groups is 1. The van der Waals surface area contributed by atoms with E-state index in [1.165, 1.54) is 24.0 Å². The van der Waals surface area contributed by atoms with Crippen molar-refractivity contribution in [1.29, 1.82) is 0 Å². The molecule has 1 aliphatic rings. The third-order valence-electron chi connectivity index (χ3n) is 6.22. The lowest BCUT2D eigenvalue weighted by atomic mass is 9.70. The topological polar surface area (TPSA) is 129 Å². The molecule has 36 heavy (non-hydrogen) atoms. The molecular formula is C24H27ClN6O4S. The van der Waals surface area contributed by atoms with Crippen molar-refractivity contribution in [3.05, 3.63) is 68.0 Å². The average molecular weight is 531 g/mol. The van der Waals surface area contributed by atoms with Crippen molar-refractivity contribution in [2.24, 2.45) is 0 Å². The van der Waals surface area contributed by atoms with Crippen LogP contribution in [0.25, 0.3) is 0 Å². The number of nitrogens with zero attached hydrogens (tertiary/aromatic N) is 4. The Morgan fingerprint density at radius 3 is 2.67 bits per heavy atom. The van der Waals surface area contributed by atoms with Crippen LogP contribution in [0.2, 0.25) is 5.15 Å². The van der Waals surface area contributed by atoms with Gasteiger partial charge in [0.15, 0.2) is 0 Å². The molecule has 1 aromatic carbocycles. The van der Waals surface area contributed by atoms with Gasteiger partial charge in [-0.1, -0.05) is 49.7 Å². The van der Waals surface area contributed by atoms with Gasteiger partial charge in [-0.05, 0) is 34.4 Å². The highest BCUT2D eigenvalue weighted by molar-refractivity contribution is 7.13. The van der Waals surface area contributed by atoms with Gasteiger partial charge in [-0.3, -0.25) is 14.4 Å². The van der Waals surface area contributed by atoms with Crippen LogP contribution in [0.4, 0.5) is 10.8 Å². The number of amides is 2. The highest BCUT2D eigenvalue weighted by Crippen LogP contribution is 2.42. The van der Waals surface area contributed by atoms with Crippen LogP contribution in [0.3, 0.4) is 0 Å². The van der Waals surface area contributed by atoms with Crippen molar-refractivity contribution >= 4 is 45.6 Å². The number of aromatic nitrogens is 3. The third-order valence-corrected chi connectivity index (χ3v) is 7.34. The number of benzene rings is 1. The number of carbonyl (C=O) groups is 2. The van der Waals surface area contributed by atoms with Gasteiger partial charge in [0, 0.05) is 20.1 Å². The van der Waals surface area contributed by atoms with Crippen molar-refractivity contribution in [3.63, 3.8) is 0 Å². The van der Waals surface area contributed by atoms with E-state index in [-0.39, 0.29) is 59.3 Å². The second-order valence-electron chi connectivity index (χ2n) is 8.86. The van der Waals surface area contributed by atoms with Gasteiger partial charge in [-0.15, -0.1) is 5.10 Å². The highest BCUT2D eigenvalue weighted by atomic mass is 35.5. The summed E-state index contributed by atoms with van der Waals surface area (Å²) in [6, 6.07) is 9.19. The summed E-state index contributed by atoms with van der Waals surface area (Å²) in [4.78, 5) is 44.2. The number of hydrogen-bond donors (Lipinski definition) is 3. The predicted octanol–water partition coefficient (Wildman–Crippen LogP) is 2.23. The molecule has 4 rings (SSSR count). The molecule has 0 spiro atoms. The smallest absolute Gasteiger partial charge is 0.326 e. The monoisotopic (exact) mass is 530 g/mol. The van der Waals surface area contributed by atoms with Gasteiger partial charge >= 0.3 is 4.87 Å². The average Bonchev–Trinajstić information content (AvgIpc) is 3.19. The zero-order valence-corrected chi connectivity index (χ0v) is 21.7. The molecule has 3 aromatic rings. The predicted molar refractivity (Wildman–Crippen MR) is 139 cm³/mol. The number of nitrogens with one attached hydrogen (secondary N) is 2. The molecule has 2 amide bonds. The van der Waals surface area contributed by atoms with Crippen LogP contribution in [0, 0.1) is 0 Å². The van der Waals surface area contributed by atoms with Gasteiger partial charge in [-0.25, -0.2) is 9.67 Å². The fourth-order valence-corrected chi connectivity index (χ4v) is 5.32. The molecule has 1 saturated heterocycles. The van der Waals surface area contributed by atoms with Gasteiger partial charge in [0.25, 0.3) is 5.91 Å². The number of carbonyl (C=O) groups excluding carboxylic acids is 2. The quantitative estimate of drug-likeness (QED) is 0.381. The van der Waals surface area contributed by atoms with Crippen molar-refractivity contribution in [3.8, 4) is 0 Å². The summed E-state index contributed by atoms with van der Waals surface area (Å²) in [6.07, 6.45) is 1.37. The first-order chi connectivity index (χ1) is 17.2. The number of hydrogen-bond acceptors (Lipinski definition) is 8. The molecule has 2 aromatic heterocycles. The van der Waals surface area contributed by atoms with Gasteiger partial charge in [0.2, 0.25) is 11.0 Å². The van der Waals surface area contributed by atoms with Crippen LogP contribution in [-0.2, 0) is 16.8 Å². The Bertz CT molecular complexity index is 1350. The van der Waals surface area contributed by atoms with Gasteiger partial charge < -0.3 is 20.6 Å². The second kappa shape index (κ2) is 10.4. The molecule has 190 valence electrons. The lowest BCUT2D eigenvalue weighted by Gasteiger charge is -2.49. The van der Waals surface area contributed by atoms with Gasteiger partial charge in [-0.2, -0.15) is 0 Å². The standard InChI is InChI=1S/C24H27ClN6O4S/c1-14(2)15-6-4-5-7-17(15)24(12-30(13-24)22-29-31(8-9-32)23(35)36-22)21(34)28-18-11-27-19(25)10-16(18)20(33)26-3/h4-7,10-11,14,32H,8-9,12-13H2,1-3H3,(H,26,33)(H,28,34). The number of aliphatic hydroxyl groups excluding tert-OH is 1. The zero-order valence-electron chi connectivity index (χ0n) is 20.1. The van der Waals surface area contributed by atoms with Crippen LogP contribution in [0.15, 0.2) is 41.3 Å². The maximum absolute atomic E-state index is 13.9. The minimum Gasteiger partial charge on any atom is -0.394 e. The largest absolute Gasteiger partial charge is 0.394 e. The van der Waals surface area contributed by atoms with E-state index in [0.29, 0.717) is 5.13 Å². The van der Waals surface area contributed by atoms with Crippen molar-refractivity contribution in [2.75, 3.05) is 37.0 Å². The Kier molecular flexibility index (Phi) is 7.43. The first kappa shape index (κ1) is 25.8. The SMILES string of the molecule is CNC(=O)c1cc(Cl)ncc1NC(=O)C1(c2ccccc2C(C)C)CN(c2nn(CCO)c(=O)s2)C1. The van der Waals surface area contributed by atoms with Gasteiger partial charge in [0.05, 0.1) is 30.6 Å². The van der Waals surface area contributed by atoms with Crippen LogP contribution >= 0.6 is 22.9 Å². The molecule has 1 fully saturated rings. The maximum Gasteiger partial charge on any atom is 0.326 e. The molecule has 3 N–H and O–H groups in total. The maximum atomic E-state index is 13.9. The first-order valence-electron chi connectivity index (χ1n) is 11.4. The number of pyridine rings is 1. The van der Waals surface area contributed by atoms with E-state index in [4.69, 9.17) is 11.6 Å². The summed E-state index contributed by atoms with van der Waals surface area (Å²) < 4.78 is 1.22. The molecule has 1 aliphatic heterocycles. The molecule has 12 heteroatoms.